The lowest BCUT2D eigenvalue weighted by atomic mass is 10.1. The second-order valence-electron chi connectivity index (χ2n) is 2.57. The molecule has 0 amide bonds. The summed E-state index contributed by atoms with van der Waals surface area (Å²) < 4.78 is 0. The van der Waals surface area contributed by atoms with Gasteiger partial charge >= 0.3 is 0 Å². The van der Waals surface area contributed by atoms with Crippen LogP contribution >= 0.6 is 11.3 Å². The van der Waals surface area contributed by atoms with Crippen molar-refractivity contribution >= 4 is 17.4 Å². The highest BCUT2D eigenvalue weighted by molar-refractivity contribution is 7.10. The molecule has 5 radical (unpaired) electrons. The molecule has 1 saturated carbocycles. The van der Waals surface area contributed by atoms with Crippen molar-refractivity contribution in [1.82, 2.24) is 0 Å². The van der Waals surface area contributed by atoms with Crippen LogP contribution in [0.3, 0.4) is 0 Å². The Hall–Kier alpha value is -0.560. The second kappa shape index (κ2) is 3.90. The van der Waals surface area contributed by atoms with E-state index in [-0.39, 0.29) is 0 Å². The van der Waals surface area contributed by atoms with Gasteiger partial charge in [-0.1, -0.05) is 12.1 Å². The quantitative estimate of drug-likeness (QED) is 0.644. The van der Waals surface area contributed by atoms with E-state index in [1.165, 1.54) is 10.8 Å². The minimum absolute atomic E-state index is 1.27. The molecule has 1 heterocycles. The molecule has 0 atom stereocenters. The van der Waals surface area contributed by atoms with E-state index in [1.807, 2.05) is 12.8 Å². The van der Waals surface area contributed by atoms with Crippen LogP contribution in [-0.2, 0) is 0 Å². The zero-order valence-electron chi connectivity index (χ0n) is 6.60. The van der Waals surface area contributed by atoms with E-state index in [0.717, 1.165) is 0 Å². The van der Waals surface area contributed by atoms with E-state index in [4.69, 9.17) is 0 Å². The molecular weight excluding hydrogens is 164 g/mol. The Balaban J connectivity index is 1.93. The largest absolute Gasteiger partial charge is 0.144 e. The molecule has 1 aliphatic rings. The molecule has 0 saturated heterocycles. The third kappa shape index (κ3) is 1.98. The Bertz CT molecular complexity index is 240. The summed E-state index contributed by atoms with van der Waals surface area (Å²) in [6.07, 6.45) is 12.6. The maximum Gasteiger partial charge on any atom is 0.0267 e. The molecule has 0 nitrogen and oxygen atoms in total. The van der Waals surface area contributed by atoms with Gasteiger partial charge in [0.1, 0.15) is 0 Å². The average Bonchev–Trinajstić information content (AvgIpc) is 2.74. The Morgan fingerprint density at radius 3 is 2.58 bits per heavy atom. The first-order valence-corrected chi connectivity index (χ1v) is 4.76. The third-order valence-electron chi connectivity index (χ3n) is 1.67. The van der Waals surface area contributed by atoms with Crippen molar-refractivity contribution in [3.05, 3.63) is 60.1 Å². The predicted octanol–water partition coefficient (Wildman–Crippen LogP) is 3.17. The van der Waals surface area contributed by atoms with Gasteiger partial charge in [-0.15, -0.1) is 11.3 Å². The highest BCUT2D eigenvalue weighted by Crippen LogP contribution is 2.25. The highest BCUT2D eigenvalue weighted by atomic mass is 32.1. The maximum atomic E-state index is 2.14. The molecule has 0 unspecified atom stereocenters. The first-order valence-electron chi connectivity index (χ1n) is 3.88. The molecule has 0 aliphatic heterocycles. The molecule has 0 aromatic carbocycles. The Kier molecular flexibility index (Phi) is 2.62. The minimum Gasteiger partial charge on any atom is -0.144 e. The fourth-order valence-electron chi connectivity index (χ4n) is 1.06. The summed E-state index contributed by atoms with van der Waals surface area (Å²) in [7, 11) is 0. The van der Waals surface area contributed by atoms with Crippen LogP contribution in [0.2, 0.25) is 0 Å². The van der Waals surface area contributed by atoms with Gasteiger partial charge in [0.2, 0.25) is 0 Å². The minimum atomic E-state index is 1.27. The van der Waals surface area contributed by atoms with Gasteiger partial charge < -0.3 is 0 Å². The summed E-state index contributed by atoms with van der Waals surface area (Å²) >= 11 is 1.76. The van der Waals surface area contributed by atoms with Crippen LogP contribution in [-0.4, -0.2) is 0 Å². The highest BCUT2D eigenvalue weighted by Gasteiger charge is 2.12. The van der Waals surface area contributed by atoms with Crippen molar-refractivity contribution in [2.45, 2.75) is 0 Å². The van der Waals surface area contributed by atoms with Crippen LogP contribution in [0.15, 0.2) is 23.6 Å². The second-order valence-corrected chi connectivity index (χ2v) is 3.55. The number of allylic oxidation sites excluding steroid dienone is 1. The number of thiophene rings is 1. The molecule has 0 spiro atoms. The van der Waals surface area contributed by atoms with Gasteiger partial charge in [-0.25, -0.2) is 0 Å². The van der Waals surface area contributed by atoms with Crippen molar-refractivity contribution in [3.8, 4) is 0 Å². The van der Waals surface area contributed by atoms with Crippen LogP contribution in [0.5, 0.6) is 0 Å². The number of hydrogen-bond donors (Lipinski definition) is 0. The maximum absolute atomic E-state index is 2.14. The summed E-state index contributed by atoms with van der Waals surface area (Å²) in [5.41, 5.74) is 0. The van der Waals surface area contributed by atoms with E-state index >= 15 is 0 Å². The topological polar surface area (TPSA) is 0 Å². The monoisotopic (exact) mass is 173 g/mol. The molecule has 59 valence electrons. The predicted molar refractivity (Wildman–Crippen MR) is 53.8 cm³/mol. The molecule has 1 fully saturated rings. The first kappa shape index (κ1) is 8.06. The molecule has 1 aliphatic carbocycles. The molecule has 1 aromatic rings. The third-order valence-corrected chi connectivity index (χ3v) is 2.51. The van der Waals surface area contributed by atoms with Crippen molar-refractivity contribution < 1.29 is 0 Å². The van der Waals surface area contributed by atoms with E-state index < -0.39 is 0 Å². The lowest BCUT2D eigenvalue weighted by molar-refractivity contribution is 1.39. The summed E-state index contributed by atoms with van der Waals surface area (Å²) in [5, 5.41) is 2.09. The number of hydrogen-bond acceptors (Lipinski definition) is 1. The van der Waals surface area contributed by atoms with E-state index in [2.05, 4.69) is 42.5 Å². The van der Waals surface area contributed by atoms with Crippen LogP contribution in [0.25, 0.3) is 6.08 Å². The van der Waals surface area contributed by atoms with Gasteiger partial charge in [0.25, 0.3) is 0 Å². The normalized spacial score (nSPS) is 19.3. The van der Waals surface area contributed by atoms with E-state index in [0.29, 0.717) is 0 Å². The first-order chi connectivity index (χ1) is 5.95. The molecule has 1 aromatic heterocycles. The van der Waals surface area contributed by atoms with Gasteiger partial charge in [0, 0.05) is 10.8 Å². The Morgan fingerprint density at radius 2 is 1.92 bits per heavy atom. The van der Waals surface area contributed by atoms with Gasteiger partial charge in [-0.2, -0.15) is 0 Å². The summed E-state index contributed by atoms with van der Waals surface area (Å²) in [5.74, 6) is 1.27. The fourth-order valence-corrected chi connectivity index (χ4v) is 1.68. The van der Waals surface area contributed by atoms with Crippen LogP contribution < -0.4 is 0 Å². The van der Waals surface area contributed by atoms with E-state index in [9.17, 15) is 0 Å². The van der Waals surface area contributed by atoms with Crippen LogP contribution in [0, 0.1) is 31.6 Å². The SMILES string of the molecule is [CH]1[CH][CH][C](/C=C/c2cccs2)[CH]1. The smallest absolute Gasteiger partial charge is 0.0267 e. The molecule has 1 heteroatoms. The van der Waals surface area contributed by atoms with Crippen LogP contribution in [0.4, 0.5) is 0 Å². The van der Waals surface area contributed by atoms with E-state index in [1.54, 1.807) is 11.3 Å². The van der Waals surface area contributed by atoms with Crippen molar-refractivity contribution in [1.29, 1.82) is 0 Å². The molecule has 2 rings (SSSR count). The fraction of sp³-hybridized carbons (Fsp3) is 0. The standard InChI is InChI=1S/C11H9S/c1-2-5-10(4-1)7-8-11-6-3-9-12-11/h1-9H/b8-7+. The summed E-state index contributed by atoms with van der Waals surface area (Å²) in [4.78, 5) is 1.30. The van der Waals surface area contributed by atoms with Crippen molar-refractivity contribution in [2.24, 2.45) is 0 Å². The van der Waals surface area contributed by atoms with Crippen molar-refractivity contribution in [3.63, 3.8) is 0 Å². The Morgan fingerprint density at radius 1 is 1.08 bits per heavy atom. The van der Waals surface area contributed by atoms with Crippen LogP contribution in [0.1, 0.15) is 4.88 Å². The molecule has 0 N–H and O–H groups in total. The number of rotatable bonds is 2. The van der Waals surface area contributed by atoms with Gasteiger partial charge in [-0.3, -0.25) is 0 Å². The molecule has 12 heavy (non-hydrogen) atoms. The zero-order valence-corrected chi connectivity index (χ0v) is 7.42. The lowest BCUT2D eigenvalue weighted by Gasteiger charge is -1.96. The average molecular weight is 173 g/mol. The zero-order chi connectivity index (χ0) is 8.23. The Labute approximate surface area is 77.9 Å². The lowest BCUT2D eigenvalue weighted by Crippen LogP contribution is -1.82. The van der Waals surface area contributed by atoms with Gasteiger partial charge in [0.15, 0.2) is 0 Å². The van der Waals surface area contributed by atoms with Gasteiger partial charge in [0.05, 0.1) is 0 Å². The summed E-state index contributed by atoms with van der Waals surface area (Å²) in [6, 6.07) is 4.18. The van der Waals surface area contributed by atoms with Crippen molar-refractivity contribution in [2.75, 3.05) is 0 Å². The molecular formula is C11H9S. The molecule has 0 bridgehead atoms. The summed E-state index contributed by atoms with van der Waals surface area (Å²) in [6.45, 7) is 0. The van der Waals surface area contributed by atoms with Gasteiger partial charge in [-0.05, 0) is 43.2 Å².